The van der Waals surface area contributed by atoms with E-state index in [1.807, 2.05) is 0 Å². The highest BCUT2D eigenvalue weighted by atomic mass is 28.1. The minimum absolute atomic E-state index is 0.242. The monoisotopic (exact) mass is 149 g/mol. The summed E-state index contributed by atoms with van der Waals surface area (Å²) in [5.41, 5.74) is 16.5. The Kier molecular flexibility index (Phi) is 3.30. The van der Waals surface area contributed by atoms with Crippen molar-refractivity contribution >= 4 is 10.2 Å². The molecule has 0 aromatic carbocycles. The molecule has 0 heterocycles. The Labute approximate surface area is 58.1 Å². The second-order valence-electron chi connectivity index (χ2n) is 2.43. The van der Waals surface area contributed by atoms with E-state index in [0.717, 1.165) is 0 Å². The lowest BCUT2D eigenvalue weighted by molar-refractivity contribution is 0.165. The van der Waals surface area contributed by atoms with Crippen LogP contribution in [-0.2, 0) is 4.74 Å². The van der Waals surface area contributed by atoms with Crippen LogP contribution in [0.15, 0.2) is 0 Å². The summed E-state index contributed by atoms with van der Waals surface area (Å²) < 4.78 is 4.77. The molecule has 9 heavy (non-hydrogen) atoms. The molecule has 6 N–H and O–H groups in total. The molecule has 0 aromatic heterocycles. The highest BCUT2D eigenvalue weighted by Crippen LogP contribution is 1.89. The second kappa shape index (κ2) is 3.28. The predicted molar refractivity (Wildman–Crippen MR) is 40.9 cm³/mol. The standard InChI is InChI=1S/C4H15N3OSi/c1-8-2-3(5)4(6,7)9/h3H,2,5-7H2,1,9H3. The molecule has 0 spiro atoms. The number of ether oxygens (including phenoxy) is 1. The molecule has 0 saturated carbocycles. The minimum Gasteiger partial charge on any atom is -0.383 e. The first-order chi connectivity index (χ1) is 3.98. The van der Waals surface area contributed by atoms with Gasteiger partial charge < -0.3 is 21.9 Å². The Morgan fingerprint density at radius 2 is 2.11 bits per heavy atom. The average molecular weight is 149 g/mol. The molecule has 0 fully saturated rings. The van der Waals surface area contributed by atoms with Crippen molar-refractivity contribution < 1.29 is 4.74 Å². The van der Waals surface area contributed by atoms with Crippen LogP contribution >= 0.6 is 0 Å². The first-order valence-corrected chi connectivity index (χ1v) is 3.80. The van der Waals surface area contributed by atoms with E-state index in [1.54, 1.807) is 7.11 Å². The van der Waals surface area contributed by atoms with E-state index < -0.39 is 5.29 Å². The zero-order chi connectivity index (χ0) is 7.49. The van der Waals surface area contributed by atoms with Crippen molar-refractivity contribution in [2.24, 2.45) is 17.2 Å². The van der Waals surface area contributed by atoms with Gasteiger partial charge in [0.2, 0.25) is 0 Å². The Bertz CT molecular complexity index is 82.4. The highest BCUT2D eigenvalue weighted by Gasteiger charge is 2.20. The van der Waals surface area contributed by atoms with Crippen LogP contribution in [0.25, 0.3) is 0 Å². The van der Waals surface area contributed by atoms with Crippen LogP contribution in [0.5, 0.6) is 0 Å². The van der Waals surface area contributed by atoms with Crippen LogP contribution in [-0.4, -0.2) is 35.3 Å². The number of rotatable bonds is 3. The van der Waals surface area contributed by atoms with Crippen molar-refractivity contribution in [1.82, 2.24) is 0 Å². The predicted octanol–water partition coefficient (Wildman–Crippen LogP) is -3.10. The fourth-order valence-corrected chi connectivity index (χ4v) is 0.526. The average Bonchev–Trinajstić information content (AvgIpc) is 1.64. The van der Waals surface area contributed by atoms with Gasteiger partial charge in [-0.2, -0.15) is 0 Å². The molecule has 0 amide bonds. The smallest absolute Gasteiger partial charge is 0.0641 e. The van der Waals surface area contributed by atoms with Crippen LogP contribution in [0.3, 0.4) is 0 Å². The summed E-state index contributed by atoms with van der Waals surface area (Å²) in [6.45, 7) is 0.427. The van der Waals surface area contributed by atoms with Gasteiger partial charge in [-0.25, -0.2) is 0 Å². The van der Waals surface area contributed by atoms with Crippen molar-refractivity contribution in [3.8, 4) is 0 Å². The molecule has 0 rings (SSSR count). The van der Waals surface area contributed by atoms with Crippen molar-refractivity contribution in [2.45, 2.75) is 11.3 Å². The maximum absolute atomic E-state index is 5.52. The molecule has 0 aliphatic heterocycles. The summed E-state index contributed by atoms with van der Waals surface area (Å²) in [5.74, 6) is 0. The highest BCUT2D eigenvalue weighted by molar-refractivity contribution is 6.15. The van der Waals surface area contributed by atoms with Gasteiger partial charge in [0.15, 0.2) is 0 Å². The van der Waals surface area contributed by atoms with Crippen molar-refractivity contribution in [3.05, 3.63) is 0 Å². The lowest BCUT2D eigenvalue weighted by Gasteiger charge is -2.25. The Morgan fingerprint density at radius 3 is 2.22 bits per heavy atom. The van der Waals surface area contributed by atoms with Crippen LogP contribution in [0, 0.1) is 0 Å². The maximum atomic E-state index is 5.52. The molecule has 0 aliphatic carbocycles. The van der Waals surface area contributed by atoms with E-state index in [0.29, 0.717) is 16.8 Å². The summed E-state index contributed by atoms with van der Waals surface area (Å²) >= 11 is 0. The van der Waals surface area contributed by atoms with Gasteiger partial charge in [0.05, 0.1) is 17.9 Å². The Morgan fingerprint density at radius 1 is 1.67 bits per heavy atom. The summed E-state index contributed by atoms with van der Waals surface area (Å²) in [4.78, 5) is 0. The van der Waals surface area contributed by atoms with E-state index >= 15 is 0 Å². The lowest BCUT2D eigenvalue weighted by Crippen LogP contribution is -2.64. The van der Waals surface area contributed by atoms with Gasteiger partial charge in [-0.3, -0.25) is 0 Å². The number of methoxy groups -OCH3 is 1. The summed E-state index contributed by atoms with van der Waals surface area (Å²) in [5, 5.41) is -0.698. The van der Waals surface area contributed by atoms with E-state index in [9.17, 15) is 0 Å². The molecule has 0 aliphatic rings. The fourth-order valence-electron chi connectivity index (χ4n) is 0.359. The van der Waals surface area contributed by atoms with Crippen LogP contribution in [0.2, 0.25) is 0 Å². The third-order valence-electron chi connectivity index (χ3n) is 1.15. The van der Waals surface area contributed by atoms with Crippen molar-refractivity contribution in [2.75, 3.05) is 13.7 Å². The van der Waals surface area contributed by atoms with Gasteiger partial charge >= 0.3 is 0 Å². The molecule has 4 nitrogen and oxygen atoms in total. The summed E-state index contributed by atoms with van der Waals surface area (Å²) in [6, 6.07) is -0.242. The van der Waals surface area contributed by atoms with E-state index in [2.05, 4.69) is 0 Å². The number of hydrogen-bond donors (Lipinski definition) is 3. The fraction of sp³-hybridized carbons (Fsp3) is 1.00. The van der Waals surface area contributed by atoms with Crippen molar-refractivity contribution in [1.29, 1.82) is 0 Å². The molecular weight excluding hydrogens is 134 g/mol. The lowest BCUT2D eigenvalue weighted by atomic mass is 10.3. The molecular formula is C4H15N3OSi. The second-order valence-corrected chi connectivity index (χ2v) is 4.16. The van der Waals surface area contributed by atoms with Gasteiger partial charge in [-0.15, -0.1) is 0 Å². The van der Waals surface area contributed by atoms with Crippen LogP contribution in [0.1, 0.15) is 0 Å². The van der Waals surface area contributed by atoms with Crippen LogP contribution < -0.4 is 17.2 Å². The van der Waals surface area contributed by atoms with Gasteiger partial charge in [0.1, 0.15) is 0 Å². The number of hydrogen-bond acceptors (Lipinski definition) is 4. The minimum atomic E-state index is -0.698. The normalized spacial score (nSPS) is 16.0. The third-order valence-corrected chi connectivity index (χ3v) is 1.89. The van der Waals surface area contributed by atoms with Gasteiger partial charge in [0, 0.05) is 17.4 Å². The van der Waals surface area contributed by atoms with Crippen molar-refractivity contribution in [3.63, 3.8) is 0 Å². The van der Waals surface area contributed by atoms with E-state index in [4.69, 9.17) is 21.9 Å². The first kappa shape index (κ1) is 9.06. The quantitative estimate of drug-likeness (QED) is 0.293. The zero-order valence-electron chi connectivity index (χ0n) is 5.92. The van der Waals surface area contributed by atoms with Gasteiger partial charge in [0.25, 0.3) is 0 Å². The maximum Gasteiger partial charge on any atom is 0.0641 e. The molecule has 0 radical (unpaired) electrons. The molecule has 0 bridgehead atoms. The van der Waals surface area contributed by atoms with Gasteiger partial charge in [-0.05, 0) is 0 Å². The van der Waals surface area contributed by atoms with E-state index in [1.165, 1.54) is 0 Å². The first-order valence-electron chi connectivity index (χ1n) is 2.80. The Hall–Kier alpha value is 0.0569. The van der Waals surface area contributed by atoms with Gasteiger partial charge in [-0.1, -0.05) is 0 Å². The number of nitrogens with two attached hydrogens (primary N) is 3. The zero-order valence-corrected chi connectivity index (χ0v) is 7.92. The largest absolute Gasteiger partial charge is 0.383 e. The molecule has 0 aromatic rings. The topological polar surface area (TPSA) is 87.3 Å². The summed E-state index contributed by atoms with van der Waals surface area (Å²) in [6.07, 6.45) is 0. The molecule has 0 saturated heterocycles. The molecule has 1 atom stereocenters. The molecule has 5 heteroatoms. The molecule has 1 unspecified atom stereocenters. The molecule has 56 valence electrons. The third kappa shape index (κ3) is 3.60. The summed E-state index contributed by atoms with van der Waals surface area (Å²) in [7, 11) is 2.25. The van der Waals surface area contributed by atoms with Crippen LogP contribution in [0.4, 0.5) is 0 Å². The Balaban J connectivity index is 3.59. The SMILES string of the molecule is COCC(N)C(N)(N)[SiH3]. The van der Waals surface area contributed by atoms with E-state index in [-0.39, 0.29) is 6.04 Å².